The topological polar surface area (TPSA) is 155 Å². The Morgan fingerprint density at radius 2 is 1.73 bits per heavy atom. The number of benzene rings is 1. The Morgan fingerprint density at radius 3 is 2.23 bits per heavy atom. The second-order valence-corrected chi connectivity index (χ2v) is 8.22. The van der Waals surface area contributed by atoms with Crippen LogP contribution in [0.25, 0.3) is 11.8 Å². The molecule has 0 amide bonds. The fourth-order valence-electron chi connectivity index (χ4n) is 2.06. The zero-order valence-electron chi connectivity index (χ0n) is 11.3. The van der Waals surface area contributed by atoms with Gasteiger partial charge in [0, 0.05) is 17.0 Å². The molecule has 0 spiro atoms. The van der Waals surface area contributed by atoms with E-state index < -0.39 is 35.6 Å². The quantitative estimate of drug-likeness (QED) is 0.481. The molecule has 1 aliphatic carbocycles. The molecule has 10 heteroatoms. The van der Waals surface area contributed by atoms with Crippen molar-refractivity contribution < 1.29 is 31.0 Å². The molecule has 0 heterocycles. The van der Waals surface area contributed by atoms with Gasteiger partial charge in [-0.15, -0.1) is 0 Å². The smallest absolute Gasteiger partial charge is 0.294 e. The largest absolute Gasteiger partial charge is 0.507 e. The normalized spacial score (nSPS) is 21.9. The summed E-state index contributed by atoms with van der Waals surface area (Å²) < 4.78 is 62.0. The van der Waals surface area contributed by atoms with Gasteiger partial charge in [-0.3, -0.25) is 9.11 Å². The summed E-state index contributed by atoms with van der Waals surface area (Å²) in [6.45, 7) is 1.17. The SMILES string of the molecule is CC1(S(=O)(=O)O)C=CC(N)=c2c(O)cc(S(=O)(=O)O)cc2=C1. The molecule has 1 atom stereocenters. The monoisotopic (exact) mass is 347 g/mol. The van der Waals surface area contributed by atoms with Gasteiger partial charge in [-0.1, -0.05) is 6.08 Å². The Labute approximate surface area is 126 Å². The third kappa shape index (κ3) is 2.73. The van der Waals surface area contributed by atoms with Gasteiger partial charge in [-0.25, -0.2) is 0 Å². The van der Waals surface area contributed by atoms with E-state index in [1.807, 2.05) is 0 Å². The van der Waals surface area contributed by atoms with Gasteiger partial charge in [0.25, 0.3) is 20.2 Å². The summed E-state index contributed by atoms with van der Waals surface area (Å²) >= 11 is 0. The number of phenols is 1. The van der Waals surface area contributed by atoms with Gasteiger partial charge in [0.15, 0.2) is 0 Å². The predicted octanol–water partition coefficient (Wildman–Crippen LogP) is -1.30. The van der Waals surface area contributed by atoms with Crippen molar-refractivity contribution in [2.75, 3.05) is 0 Å². The van der Waals surface area contributed by atoms with E-state index in [1.54, 1.807) is 0 Å². The molecule has 0 aromatic heterocycles. The first-order valence-corrected chi connectivity index (χ1v) is 8.73. The molecular weight excluding hydrogens is 334 g/mol. The molecule has 0 saturated heterocycles. The maximum absolute atomic E-state index is 11.5. The highest BCUT2D eigenvalue weighted by Crippen LogP contribution is 2.22. The van der Waals surface area contributed by atoms with Crippen molar-refractivity contribution >= 4 is 32.0 Å². The molecule has 1 aromatic carbocycles. The molecule has 2 rings (SSSR count). The van der Waals surface area contributed by atoms with E-state index in [0.29, 0.717) is 0 Å². The predicted molar refractivity (Wildman–Crippen MR) is 78.3 cm³/mol. The Bertz CT molecular complexity index is 1010. The average Bonchev–Trinajstić information content (AvgIpc) is 2.45. The van der Waals surface area contributed by atoms with Crippen LogP contribution in [0, 0.1) is 0 Å². The highest BCUT2D eigenvalue weighted by molar-refractivity contribution is 7.87. The third-order valence-corrected chi connectivity index (χ3v) is 5.50. The molecule has 0 fully saturated rings. The van der Waals surface area contributed by atoms with E-state index in [-0.39, 0.29) is 16.1 Å². The summed E-state index contributed by atoms with van der Waals surface area (Å²) in [5, 5.41) is 9.86. The third-order valence-electron chi connectivity index (χ3n) is 3.30. The summed E-state index contributed by atoms with van der Waals surface area (Å²) in [4.78, 5) is -0.632. The van der Waals surface area contributed by atoms with Crippen LogP contribution >= 0.6 is 0 Å². The Balaban J connectivity index is 3.03. The first-order chi connectivity index (χ1) is 9.85. The zero-order chi connectivity index (χ0) is 16.9. The Hall–Kier alpha value is -1.88. The van der Waals surface area contributed by atoms with Crippen LogP contribution < -0.4 is 16.2 Å². The summed E-state index contributed by atoms with van der Waals surface area (Å²) in [6, 6.07) is 1.74. The van der Waals surface area contributed by atoms with Crippen LogP contribution in [0.15, 0.2) is 29.2 Å². The fourth-order valence-corrected chi connectivity index (χ4v) is 3.11. The lowest BCUT2D eigenvalue weighted by molar-refractivity contribution is 0.461. The molecule has 1 unspecified atom stereocenters. The van der Waals surface area contributed by atoms with Gasteiger partial charge in [0.1, 0.15) is 10.5 Å². The molecular formula is C12H13NO7S2. The molecule has 0 bridgehead atoms. The van der Waals surface area contributed by atoms with Gasteiger partial charge >= 0.3 is 0 Å². The lowest BCUT2D eigenvalue weighted by Gasteiger charge is -2.17. The lowest BCUT2D eigenvalue weighted by Crippen LogP contribution is -2.36. The summed E-state index contributed by atoms with van der Waals surface area (Å²) in [7, 11) is -9.20. The van der Waals surface area contributed by atoms with Crippen LogP contribution in [0.5, 0.6) is 5.75 Å². The number of rotatable bonds is 2. The number of nitrogens with two attached hydrogens (primary N) is 1. The van der Waals surface area contributed by atoms with Crippen molar-refractivity contribution in [2.24, 2.45) is 5.73 Å². The van der Waals surface area contributed by atoms with Crippen molar-refractivity contribution in [3.8, 4) is 5.75 Å². The molecule has 0 aliphatic heterocycles. The minimum atomic E-state index is -4.62. The van der Waals surface area contributed by atoms with Crippen LogP contribution in [-0.2, 0) is 20.2 Å². The van der Waals surface area contributed by atoms with Gasteiger partial charge in [-0.2, -0.15) is 16.8 Å². The number of hydrogen-bond donors (Lipinski definition) is 4. The fraction of sp³-hybridized carbons (Fsp3) is 0.167. The number of hydrogen-bond acceptors (Lipinski definition) is 6. The van der Waals surface area contributed by atoms with E-state index in [0.717, 1.165) is 24.3 Å². The first-order valence-electron chi connectivity index (χ1n) is 5.85. The van der Waals surface area contributed by atoms with Crippen molar-refractivity contribution in [3.05, 3.63) is 34.7 Å². The number of aromatic hydroxyl groups is 1. The Kier molecular flexibility index (Phi) is 3.61. The summed E-state index contributed by atoms with van der Waals surface area (Å²) in [6.07, 6.45) is 3.32. The van der Waals surface area contributed by atoms with E-state index in [9.17, 15) is 26.5 Å². The van der Waals surface area contributed by atoms with Gasteiger partial charge in [-0.05, 0) is 30.4 Å². The molecule has 0 saturated carbocycles. The maximum Gasteiger partial charge on any atom is 0.294 e. The van der Waals surface area contributed by atoms with Gasteiger partial charge in [0.05, 0.1) is 4.90 Å². The zero-order valence-corrected chi connectivity index (χ0v) is 12.9. The van der Waals surface area contributed by atoms with E-state index in [2.05, 4.69) is 0 Å². The van der Waals surface area contributed by atoms with E-state index in [1.165, 1.54) is 13.0 Å². The lowest BCUT2D eigenvalue weighted by atomic mass is 10.1. The van der Waals surface area contributed by atoms with Crippen LogP contribution in [0.4, 0.5) is 0 Å². The molecule has 22 heavy (non-hydrogen) atoms. The summed E-state index contributed by atoms with van der Waals surface area (Å²) in [5.41, 5.74) is 5.70. The molecule has 1 aromatic rings. The van der Waals surface area contributed by atoms with Crippen LogP contribution in [-0.4, -0.2) is 35.8 Å². The Morgan fingerprint density at radius 1 is 1.14 bits per heavy atom. The van der Waals surface area contributed by atoms with E-state index >= 15 is 0 Å². The molecule has 5 N–H and O–H groups in total. The second kappa shape index (κ2) is 4.81. The minimum Gasteiger partial charge on any atom is -0.507 e. The maximum atomic E-state index is 11.5. The van der Waals surface area contributed by atoms with Crippen LogP contribution in [0.1, 0.15) is 6.92 Å². The molecule has 1 aliphatic rings. The molecule has 8 nitrogen and oxygen atoms in total. The van der Waals surface area contributed by atoms with Crippen molar-refractivity contribution in [2.45, 2.75) is 16.6 Å². The van der Waals surface area contributed by atoms with Crippen molar-refractivity contribution in [3.63, 3.8) is 0 Å². The van der Waals surface area contributed by atoms with Gasteiger partial charge in [0.2, 0.25) is 0 Å². The first kappa shape index (κ1) is 16.5. The number of fused-ring (bicyclic) bond motifs is 1. The van der Waals surface area contributed by atoms with E-state index in [4.69, 9.17) is 10.3 Å². The highest BCUT2D eigenvalue weighted by atomic mass is 32.2. The standard InChI is InChI=1S/C12H13NO7S2/c1-12(22(18,19)20)3-2-9(13)11-7(6-12)4-8(5-10(11)14)21(15,16)17/h2-6,14H,13H2,1H3,(H,15,16,17)(H,18,19,20). The second-order valence-electron chi connectivity index (χ2n) is 4.97. The highest BCUT2D eigenvalue weighted by Gasteiger charge is 2.34. The van der Waals surface area contributed by atoms with Crippen molar-refractivity contribution in [1.82, 2.24) is 0 Å². The van der Waals surface area contributed by atoms with Crippen molar-refractivity contribution in [1.29, 1.82) is 0 Å². The average molecular weight is 347 g/mol. The summed E-state index contributed by atoms with van der Waals surface area (Å²) in [5.74, 6) is -0.553. The van der Waals surface area contributed by atoms with Crippen LogP contribution in [0.3, 0.4) is 0 Å². The number of phenolic OH excluding ortho intramolecular Hbond substituents is 1. The molecule has 120 valence electrons. The molecule has 0 radical (unpaired) electrons. The minimum absolute atomic E-state index is 0.00368. The van der Waals surface area contributed by atoms with Crippen LogP contribution in [0.2, 0.25) is 0 Å². The van der Waals surface area contributed by atoms with Gasteiger partial charge < -0.3 is 10.8 Å².